The van der Waals surface area contributed by atoms with Gasteiger partial charge in [0.1, 0.15) is 5.50 Å². The van der Waals surface area contributed by atoms with Crippen LogP contribution in [0.3, 0.4) is 0 Å². The molecule has 0 fully saturated rings. The van der Waals surface area contributed by atoms with Crippen molar-refractivity contribution in [2.45, 2.75) is 12.4 Å². The van der Waals surface area contributed by atoms with Crippen LogP contribution in [0.25, 0.3) is 0 Å². The minimum Gasteiger partial charge on any atom is -0.374 e. The lowest BCUT2D eigenvalue weighted by atomic mass is 10.8. The van der Waals surface area contributed by atoms with Crippen molar-refractivity contribution in [2.24, 2.45) is 10.7 Å². The topological polar surface area (TPSA) is 38.4 Å². The van der Waals surface area contributed by atoms with Crippen molar-refractivity contribution in [3.05, 3.63) is 0 Å². The number of alkyl halides is 1. The van der Waals surface area contributed by atoms with Crippen LogP contribution in [0.15, 0.2) is 4.99 Å². The zero-order valence-electron chi connectivity index (χ0n) is 3.86. The number of nitrogens with two attached hydrogens (primary N) is 1. The number of hydrogen-bond donors (Lipinski definition) is 1. The summed E-state index contributed by atoms with van der Waals surface area (Å²) in [5.74, 6) is 0. The first-order valence-corrected chi connectivity index (χ1v) is 2.57. The van der Waals surface area contributed by atoms with Crippen LogP contribution >= 0.6 is 23.2 Å². The molecule has 0 amide bonds. The van der Waals surface area contributed by atoms with Crippen LogP contribution < -0.4 is 5.73 Å². The Morgan fingerprint density at radius 3 is 2.29 bits per heavy atom. The van der Waals surface area contributed by atoms with Crippen LogP contribution in [-0.4, -0.2) is 10.8 Å². The van der Waals surface area contributed by atoms with E-state index in [-0.39, 0.29) is 10.8 Å². The fourth-order valence-corrected chi connectivity index (χ4v) is 0.471. The third-order valence-corrected chi connectivity index (χ3v) is 0.496. The second kappa shape index (κ2) is 3.10. The minimum atomic E-state index is -0.322. The van der Waals surface area contributed by atoms with Crippen LogP contribution in [0.4, 0.5) is 0 Å². The first-order chi connectivity index (χ1) is 3.13. The summed E-state index contributed by atoms with van der Waals surface area (Å²) in [4.78, 5) is 3.50. The largest absolute Gasteiger partial charge is 0.374 e. The molecule has 0 aliphatic rings. The lowest BCUT2D eigenvalue weighted by Gasteiger charge is -1.89. The number of aliphatic imine (C=N–C) groups is 1. The van der Waals surface area contributed by atoms with Gasteiger partial charge in [-0.2, -0.15) is 0 Å². The molecule has 0 heterocycles. The average Bonchev–Trinajstić information content (AvgIpc) is 1.27. The summed E-state index contributed by atoms with van der Waals surface area (Å²) in [6.07, 6.45) is 0. The highest BCUT2D eigenvalue weighted by molar-refractivity contribution is 6.64. The minimum absolute atomic E-state index is 0.00231. The van der Waals surface area contributed by atoms with E-state index in [0.717, 1.165) is 0 Å². The van der Waals surface area contributed by atoms with E-state index in [2.05, 4.69) is 4.99 Å². The summed E-state index contributed by atoms with van der Waals surface area (Å²) in [5.41, 5.74) is 4.60. The van der Waals surface area contributed by atoms with Crippen molar-refractivity contribution in [3.8, 4) is 0 Å². The Bertz CT molecular complexity index is 75.0. The maximum absolute atomic E-state index is 5.32. The molecule has 7 heavy (non-hydrogen) atoms. The molecular formula is C3H6Cl2N2. The van der Waals surface area contributed by atoms with E-state index < -0.39 is 0 Å². The smallest absolute Gasteiger partial charge is 0.190 e. The zero-order valence-corrected chi connectivity index (χ0v) is 5.37. The molecule has 2 N–H and O–H groups in total. The number of nitrogens with zero attached hydrogens (tertiary/aromatic N) is 1. The van der Waals surface area contributed by atoms with Gasteiger partial charge in [0.25, 0.3) is 0 Å². The molecule has 0 aromatic carbocycles. The second-order valence-corrected chi connectivity index (χ2v) is 2.04. The molecule has 2 nitrogen and oxygen atoms in total. The molecule has 0 spiro atoms. The lowest BCUT2D eigenvalue weighted by molar-refractivity contribution is 1.03. The molecule has 0 aromatic heterocycles. The third-order valence-electron chi connectivity index (χ3n) is 0.301. The van der Waals surface area contributed by atoms with Crippen LogP contribution in [0, 0.1) is 0 Å². The molecule has 0 aliphatic heterocycles. The van der Waals surface area contributed by atoms with Gasteiger partial charge in [0.2, 0.25) is 0 Å². The zero-order chi connectivity index (χ0) is 5.86. The SMILES string of the molecule is CC(Cl)N=C(N)Cl. The van der Waals surface area contributed by atoms with Gasteiger partial charge in [0.05, 0.1) is 0 Å². The van der Waals surface area contributed by atoms with Gasteiger partial charge in [-0.05, 0) is 18.5 Å². The Balaban J connectivity index is 3.45. The molecule has 1 unspecified atom stereocenters. The number of hydrogen-bond acceptors (Lipinski definition) is 1. The fourth-order valence-electron chi connectivity index (χ4n) is 0.170. The Kier molecular flexibility index (Phi) is 3.13. The van der Waals surface area contributed by atoms with Crippen LogP contribution in [-0.2, 0) is 0 Å². The van der Waals surface area contributed by atoms with Crippen LogP contribution in [0.5, 0.6) is 0 Å². The van der Waals surface area contributed by atoms with E-state index in [1.54, 1.807) is 6.92 Å². The van der Waals surface area contributed by atoms with Crippen molar-refractivity contribution in [1.29, 1.82) is 0 Å². The normalized spacial score (nSPS) is 16.7. The molecule has 0 rings (SSSR count). The molecule has 42 valence electrons. The summed E-state index contributed by atoms with van der Waals surface area (Å²) in [7, 11) is 0. The molecular weight excluding hydrogens is 135 g/mol. The van der Waals surface area contributed by atoms with E-state index in [4.69, 9.17) is 28.9 Å². The van der Waals surface area contributed by atoms with E-state index in [1.165, 1.54) is 0 Å². The van der Waals surface area contributed by atoms with Gasteiger partial charge in [-0.25, -0.2) is 4.99 Å². The fraction of sp³-hybridized carbons (Fsp3) is 0.667. The number of amidine groups is 1. The van der Waals surface area contributed by atoms with Gasteiger partial charge >= 0.3 is 0 Å². The highest BCUT2D eigenvalue weighted by atomic mass is 35.5. The first kappa shape index (κ1) is 7.05. The predicted octanol–water partition coefficient (Wildman–Crippen LogP) is 1.12. The molecule has 0 saturated carbocycles. The summed E-state index contributed by atoms with van der Waals surface area (Å²) in [5, 5.41) is 0.00231. The maximum atomic E-state index is 5.32. The summed E-state index contributed by atoms with van der Waals surface area (Å²) >= 11 is 10.4. The quantitative estimate of drug-likeness (QED) is 0.252. The van der Waals surface area contributed by atoms with Crippen molar-refractivity contribution in [2.75, 3.05) is 0 Å². The Morgan fingerprint density at radius 2 is 2.29 bits per heavy atom. The molecule has 4 heteroatoms. The van der Waals surface area contributed by atoms with E-state index in [1.807, 2.05) is 0 Å². The van der Waals surface area contributed by atoms with Gasteiger partial charge < -0.3 is 5.73 Å². The highest BCUT2D eigenvalue weighted by Gasteiger charge is 1.87. The first-order valence-electron chi connectivity index (χ1n) is 1.76. The van der Waals surface area contributed by atoms with Gasteiger partial charge in [0.15, 0.2) is 5.29 Å². The van der Waals surface area contributed by atoms with Crippen molar-refractivity contribution in [3.63, 3.8) is 0 Å². The average molecular weight is 141 g/mol. The predicted molar refractivity (Wildman–Crippen MR) is 32.8 cm³/mol. The van der Waals surface area contributed by atoms with Crippen molar-refractivity contribution >= 4 is 28.5 Å². The van der Waals surface area contributed by atoms with Crippen LogP contribution in [0.1, 0.15) is 6.92 Å². The summed E-state index contributed by atoms with van der Waals surface area (Å²) in [6.45, 7) is 1.68. The third kappa shape index (κ3) is 6.05. The van der Waals surface area contributed by atoms with Crippen molar-refractivity contribution in [1.82, 2.24) is 0 Å². The summed E-state index contributed by atoms with van der Waals surface area (Å²) < 4.78 is 0. The summed E-state index contributed by atoms with van der Waals surface area (Å²) in [6, 6.07) is 0. The van der Waals surface area contributed by atoms with Gasteiger partial charge in [-0.3, -0.25) is 0 Å². The molecule has 0 radical (unpaired) electrons. The van der Waals surface area contributed by atoms with Gasteiger partial charge in [-0.15, -0.1) is 0 Å². The van der Waals surface area contributed by atoms with Crippen molar-refractivity contribution < 1.29 is 0 Å². The Hall–Kier alpha value is 0.0500. The van der Waals surface area contributed by atoms with Crippen LogP contribution in [0.2, 0.25) is 0 Å². The molecule has 1 atom stereocenters. The lowest BCUT2D eigenvalue weighted by Crippen LogP contribution is -2.04. The molecule has 0 aromatic rings. The molecule has 0 bridgehead atoms. The molecule has 0 saturated heterocycles. The van der Waals surface area contributed by atoms with Gasteiger partial charge in [0, 0.05) is 0 Å². The maximum Gasteiger partial charge on any atom is 0.190 e. The molecule has 0 aliphatic carbocycles. The monoisotopic (exact) mass is 140 g/mol. The second-order valence-electron chi connectivity index (χ2n) is 1.03. The Labute approximate surface area is 52.3 Å². The number of halogens is 2. The van der Waals surface area contributed by atoms with E-state index in [0.29, 0.717) is 0 Å². The standard InChI is InChI=1S/C3H6Cl2N2/c1-2(4)7-3(5)6/h2H,1H3,(H2,6,7). The number of rotatable bonds is 1. The van der Waals surface area contributed by atoms with Gasteiger partial charge in [-0.1, -0.05) is 11.6 Å². The highest BCUT2D eigenvalue weighted by Crippen LogP contribution is 1.94. The van der Waals surface area contributed by atoms with E-state index >= 15 is 0 Å². The van der Waals surface area contributed by atoms with E-state index in [9.17, 15) is 0 Å². The Morgan fingerprint density at radius 1 is 1.86 bits per heavy atom.